The third-order valence-electron chi connectivity index (χ3n) is 3.66. The molecule has 5 nitrogen and oxygen atoms in total. The van der Waals surface area contributed by atoms with Gasteiger partial charge in [-0.3, -0.25) is 10.1 Å². The van der Waals surface area contributed by atoms with Gasteiger partial charge in [0.15, 0.2) is 0 Å². The Balaban J connectivity index is 2.03. The molecule has 3 rings (SSSR count). The summed E-state index contributed by atoms with van der Waals surface area (Å²) in [4.78, 5) is 24.7. The molecule has 76 valence electrons. The van der Waals surface area contributed by atoms with Crippen molar-refractivity contribution in [1.82, 2.24) is 10.2 Å². The molecular formula is C9H12N2O3. The number of imide groups is 1. The summed E-state index contributed by atoms with van der Waals surface area (Å²) in [7, 11) is 0. The van der Waals surface area contributed by atoms with Crippen LogP contribution in [0.2, 0.25) is 0 Å². The first-order valence-corrected chi connectivity index (χ1v) is 4.99. The number of carbonyl (C=O) groups is 2. The van der Waals surface area contributed by atoms with Crippen molar-refractivity contribution in [2.75, 3.05) is 0 Å². The maximum atomic E-state index is 11.5. The minimum absolute atomic E-state index is 0.0509. The van der Waals surface area contributed by atoms with Crippen LogP contribution in [0.25, 0.3) is 0 Å². The monoisotopic (exact) mass is 196 g/mol. The maximum Gasteiger partial charge on any atom is 0.324 e. The maximum absolute atomic E-state index is 11.5. The molecule has 4 unspecified atom stereocenters. The van der Waals surface area contributed by atoms with Gasteiger partial charge in [-0.1, -0.05) is 0 Å². The molecule has 0 spiro atoms. The van der Waals surface area contributed by atoms with Crippen molar-refractivity contribution in [3.8, 4) is 0 Å². The van der Waals surface area contributed by atoms with Gasteiger partial charge in [0.1, 0.15) is 0 Å². The normalized spacial score (nSPS) is 45.4. The van der Waals surface area contributed by atoms with E-state index >= 15 is 0 Å². The van der Waals surface area contributed by atoms with E-state index in [0.29, 0.717) is 6.42 Å². The molecule has 0 aromatic rings. The molecule has 5 heteroatoms. The van der Waals surface area contributed by atoms with E-state index in [9.17, 15) is 14.7 Å². The van der Waals surface area contributed by atoms with Gasteiger partial charge in [0.25, 0.3) is 0 Å². The number of piperidine rings is 1. The highest BCUT2D eigenvalue weighted by molar-refractivity contribution is 5.99. The molecule has 3 aliphatic heterocycles. The summed E-state index contributed by atoms with van der Waals surface area (Å²) in [5, 5.41) is 12.1. The lowest BCUT2D eigenvalue weighted by atomic mass is 9.85. The van der Waals surface area contributed by atoms with E-state index in [1.54, 1.807) is 4.90 Å². The zero-order valence-electron chi connectivity index (χ0n) is 7.64. The number of amides is 3. The zero-order valence-corrected chi connectivity index (χ0v) is 7.64. The molecule has 0 aliphatic carbocycles. The zero-order chi connectivity index (χ0) is 9.87. The fourth-order valence-electron chi connectivity index (χ4n) is 3.10. The number of aliphatic hydroxyl groups is 1. The highest BCUT2D eigenvalue weighted by Gasteiger charge is 2.55. The molecule has 0 aromatic heterocycles. The summed E-state index contributed by atoms with van der Waals surface area (Å²) in [6.07, 6.45) is 1.75. The number of nitrogens with one attached hydrogen (secondary N) is 1. The molecule has 0 radical (unpaired) electrons. The molecule has 0 aromatic carbocycles. The van der Waals surface area contributed by atoms with E-state index < -0.39 is 12.0 Å². The fraction of sp³-hybridized carbons (Fsp3) is 0.778. The second kappa shape index (κ2) is 2.48. The molecule has 0 saturated carbocycles. The van der Waals surface area contributed by atoms with Crippen molar-refractivity contribution < 1.29 is 14.7 Å². The minimum atomic E-state index is -0.572. The molecule has 3 saturated heterocycles. The molecule has 3 aliphatic rings. The van der Waals surface area contributed by atoms with Crippen molar-refractivity contribution in [2.45, 2.75) is 37.5 Å². The summed E-state index contributed by atoms with van der Waals surface area (Å²) in [6, 6.07) is -0.185. The van der Waals surface area contributed by atoms with Crippen LogP contribution >= 0.6 is 0 Å². The summed E-state index contributed by atoms with van der Waals surface area (Å²) >= 11 is 0. The van der Waals surface area contributed by atoms with E-state index in [1.807, 2.05) is 0 Å². The third-order valence-corrected chi connectivity index (χ3v) is 3.66. The molecule has 14 heavy (non-hydrogen) atoms. The lowest BCUT2D eigenvalue weighted by Crippen LogP contribution is -2.66. The van der Waals surface area contributed by atoms with Gasteiger partial charge in [0.2, 0.25) is 5.91 Å². The topological polar surface area (TPSA) is 69.6 Å². The Bertz CT molecular complexity index is 317. The van der Waals surface area contributed by atoms with Crippen molar-refractivity contribution in [2.24, 2.45) is 5.92 Å². The van der Waals surface area contributed by atoms with Gasteiger partial charge in [0, 0.05) is 12.1 Å². The minimum Gasteiger partial charge on any atom is -0.392 e. The molecule has 3 fully saturated rings. The second-order valence-electron chi connectivity index (χ2n) is 4.33. The first-order valence-electron chi connectivity index (χ1n) is 4.99. The highest BCUT2D eigenvalue weighted by atomic mass is 16.3. The van der Waals surface area contributed by atoms with Crippen LogP contribution in [0, 0.1) is 5.92 Å². The third kappa shape index (κ3) is 0.829. The Morgan fingerprint density at radius 1 is 1.36 bits per heavy atom. The fourth-order valence-corrected chi connectivity index (χ4v) is 3.10. The van der Waals surface area contributed by atoms with E-state index in [1.165, 1.54) is 0 Å². The van der Waals surface area contributed by atoms with Crippen LogP contribution in [-0.4, -0.2) is 40.1 Å². The van der Waals surface area contributed by atoms with Crippen molar-refractivity contribution in [3.63, 3.8) is 0 Å². The van der Waals surface area contributed by atoms with Crippen molar-refractivity contribution in [1.29, 1.82) is 0 Å². The Morgan fingerprint density at radius 2 is 2.14 bits per heavy atom. The van der Waals surface area contributed by atoms with E-state index in [0.717, 1.165) is 12.8 Å². The molecule has 3 heterocycles. The van der Waals surface area contributed by atoms with Crippen LogP contribution < -0.4 is 5.32 Å². The van der Waals surface area contributed by atoms with E-state index in [-0.39, 0.29) is 24.0 Å². The van der Waals surface area contributed by atoms with Crippen molar-refractivity contribution in [3.05, 3.63) is 0 Å². The van der Waals surface area contributed by atoms with E-state index in [4.69, 9.17) is 0 Å². The van der Waals surface area contributed by atoms with Gasteiger partial charge >= 0.3 is 6.03 Å². The molecule has 2 N–H and O–H groups in total. The average molecular weight is 196 g/mol. The number of aliphatic hydroxyl groups excluding tert-OH is 1. The smallest absolute Gasteiger partial charge is 0.324 e. The van der Waals surface area contributed by atoms with E-state index in [2.05, 4.69) is 5.32 Å². The largest absolute Gasteiger partial charge is 0.392 e. The van der Waals surface area contributed by atoms with Crippen LogP contribution in [0.15, 0.2) is 0 Å². The molecule has 3 amide bonds. The average Bonchev–Trinajstić information content (AvgIpc) is 2.41. The van der Waals surface area contributed by atoms with Gasteiger partial charge < -0.3 is 10.0 Å². The number of hydrogen-bond acceptors (Lipinski definition) is 3. The molecular weight excluding hydrogens is 184 g/mol. The highest BCUT2D eigenvalue weighted by Crippen LogP contribution is 2.41. The predicted octanol–water partition coefficient (Wildman–Crippen LogP) is -0.550. The Hall–Kier alpha value is -1.10. The lowest BCUT2D eigenvalue weighted by molar-refractivity contribution is -0.136. The summed E-state index contributed by atoms with van der Waals surface area (Å²) in [5.74, 6) is -0.699. The Labute approximate surface area is 81.1 Å². The summed E-state index contributed by atoms with van der Waals surface area (Å²) < 4.78 is 0. The lowest BCUT2D eigenvalue weighted by Gasteiger charge is -2.45. The quantitative estimate of drug-likeness (QED) is 0.546. The summed E-state index contributed by atoms with van der Waals surface area (Å²) in [6.45, 7) is 0. The van der Waals surface area contributed by atoms with Crippen LogP contribution in [0.3, 0.4) is 0 Å². The number of rotatable bonds is 0. The first-order chi connectivity index (χ1) is 6.68. The Morgan fingerprint density at radius 3 is 2.93 bits per heavy atom. The van der Waals surface area contributed by atoms with Gasteiger partial charge in [-0.15, -0.1) is 0 Å². The molecule has 4 bridgehead atoms. The van der Waals surface area contributed by atoms with Gasteiger partial charge in [-0.25, -0.2) is 4.79 Å². The number of carbonyl (C=O) groups excluding carboxylic acids is 2. The van der Waals surface area contributed by atoms with Gasteiger partial charge in [0.05, 0.1) is 12.0 Å². The first kappa shape index (κ1) is 8.23. The van der Waals surface area contributed by atoms with Crippen molar-refractivity contribution >= 4 is 11.9 Å². The molecule has 4 atom stereocenters. The second-order valence-corrected chi connectivity index (χ2v) is 4.33. The summed E-state index contributed by atoms with van der Waals surface area (Å²) in [5.41, 5.74) is 0. The van der Waals surface area contributed by atoms with Crippen LogP contribution in [0.1, 0.15) is 19.3 Å². The SMILES string of the molecule is O=C1NC(=O)N2C3CCC2C1C(O)C3. The standard InChI is InChI=1S/C9H12N2O3/c12-6-3-4-1-2-5-7(6)8(13)10-9(14)11(4)5/h4-7,12H,1-3H2,(H,10,13,14). The number of hydrogen-bond donors (Lipinski definition) is 2. The number of nitrogens with zero attached hydrogens (tertiary/aromatic N) is 1. The van der Waals surface area contributed by atoms with Crippen LogP contribution in [0.5, 0.6) is 0 Å². The van der Waals surface area contributed by atoms with Crippen LogP contribution in [-0.2, 0) is 4.79 Å². The number of urea groups is 1. The van der Waals surface area contributed by atoms with Gasteiger partial charge in [-0.2, -0.15) is 0 Å². The van der Waals surface area contributed by atoms with Crippen LogP contribution in [0.4, 0.5) is 4.79 Å². The van der Waals surface area contributed by atoms with Gasteiger partial charge in [-0.05, 0) is 19.3 Å². The predicted molar refractivity (Wildman–Crippen MR) is 46.3 cm³/mol. The Kier molecular flexibility index (Phi) is 1.45.